The summed E-state index contributed by atoms with van der Waals surface area (Å²) < 4.78 is 4.19. The Balaban J connectivity index is 0.000000252. The predicted octanol–water partition coefficient (Wildman–Crippen LogP) is 6.53. The number of hydrogen-bond acceptors (Lipinski definition) is 5. The summed E-state index contributed by atoms with van der Waals surface area (Å²) in [6.07, 6.45) is 12.6. The van der Waals surface area contributed by atoms with Crippen LogP contribution < -0.4 is 0 Å². The third-order valence-electron chi connectivity index (χ3n) is 10.6. The third kappa shape index (κ3) is 5.56. The molecule has 4 aliphatic carbocycles. The van der Waals surface area contributed by atoms with Crippen molar-refractivity contribution in [2.75, 3.05) is 19.5 Å². The van der Waals surface area contributed by atoms with Crippen LogP contribution in [0.25, 0.3) is 0 Å². The Kier molecular flexibility index (Phi) is 8.92. The van der Waals surface area contributed by atoms with Gasteiger partial charge in [0.1, 0.15) is 5.78 Å². The van der Waals surface area contributed by atoms with Gasteiger partial charge in [0.2, 0.25) is 0 Å². The lowest BCUT2D eigenvalue weighted by Gasteiger charge is -2.61. The molecule has 0 radical (unpaired) electrons. The van der Waals surface area contributed by atoms with Crippen LogP contribution in [0.3, 0.4) is 0 Å². The van der Waals surface area contributed by atoms with Crippen LogP contribution in [0.4, 0.5) is 0 Å². The molecule has 1 N–H and O–H groups in total. The van der Waals surface area contributed by atoms with Gasteiger partial charge in [0.25, 0.3) is 0 Å². The maximum absolute atomic E-state index is 12.2. The molecule has 0 aromatic carbocycles. The predicted molar refractivity (Wildman–Crippen MR) is 141 cm³/mol. The largest absolute Gasteiger partial charge is 0.468 e. The number of methoxy groups -OCH3 is 1. The van der Waals surface area contributed by atoms with E-state index in [0.29, 0.717) is 28.3 Å². The molecule has 0 heterocycles. The van der Waals surface area contributed by atoms with Gasteiger partial charge in [-0.25, -0.2) is 0 Å². The third-order valence-corrected chi connectivity index (χ3v) is 11.9. The summed E-state index contributed by atoms with van der Waals surface area (Å²) in [7, 11) is 1.36. The van der Waals surface area contributed by atoms with Crippen LogP contribution in [0.2, 0.25) is 0 Å². The Morgan fingerprint density at radius 1 is 1.00 bits per heavy atom. The van der Waals surface area contributed by atoms with E-state index < -0.39 is 0 Å². The molecule has 34 heavy (non-hydrogen) atoms. The lowest BCUT2D eigenvalue weighted by Crippen LogP contribution is -2.53. The van der Waals surface area contributed by atoms with Crippen molar-refractivity contribution in [1.82, 2.24) is 0 Å². The van der Waals surface area contributed by atoms with E-state index in [0.717, 1.165) is 29.6 Å². The fourth-order valence-electron chi connectivity index (χ4n) is 8.50. The minimum Gasteiger partial charge on any atom is -0.468 e. The number of Topliss-reactive ketones (excluding diaryl/α,β-unsaturated/α-hetero) is 1. The van der Waals surface area contributed by atoms with Gasteiger partial charge in [0.15, 0.2) is 0 Å². The molecule has 4 aliphatic rings. The first-order valence-corrected chi connectivity index (χ1v) is 14.7. The maximum Gasteiger partial charge on any atom is 0.315 e. The number of aliphatic hydroxyl groups is 1. The summed E-state index contributed by atoms with van der Waals surface area (Å²) in [4.78, 5) is 22.8. The Hall–Kier alpha value is -0.550. The standard InChI is InChI=1S/C22H36O.C7H14O3S/c1-14-9-11-21(3)16(13-14)5-6-17-19-8-7-18(15(2)23)22(19,4)12-10-20(17)21;1-7(2,5-8)11-4-6(9)10-3/h14,16-20H,5-13H2,1-4H3;8H,4-5H2,1-3H3. The molecule has 0 aromatic rings. The molecule has 4 nitrogen and oxygen atoms in total. The second-order valence-corrected chi connectivity index (χ2v) is 14.8. The van der Waals surface area contributed by atoms with Crippen LogP contribution >= 0.6 is 11.8 Å². The summed E-state index contributed by atoms with van der Waals surface area (Å²) in [5, 5.41) is 8.81. The highest BCUT2D eigenvalue weighted by atomic mass is 32.2. The van der Waals surface area contributed by atoms with Crippen LogP contribution in [-0.4, -0.2) is 41.1 Å². The number of fused-ring (bicyclic) bond motifs is 5. The number of carbonyl (C=O) groups is 2. The van der Waals surface area contributed by atoms with Gasteiger partial charge in [-0.3, -0.25) is 9.59 Å². The van der Waals surface area contributed by atoms with Crippen molar-refractivity contribution in [3.05, 3.63) is 0 Å². The highest BCUT2D eigenvalue weighted by Crippen LogP contribution is 2.67. The number of carbonyl (C=O) groups excluding carboxylic acids is 2. The fourth-order valence-corrected chi connectivity index (χ4v) is 9.22. The Morgan fingerprint density at radius 2 is 1.65 bits per heavy atom. The van der Waals surface area contributed by atoms with Gasteiger partial charge < -0.3 is 9.84 Å². The summed E-state index contributed by atoms with van der Waals surface area (Å²) in [6, 6.07) is 0. The molecule has 8 atom stereocenters. The molecule has 0 amide bonds. The van der Waals surface area contributed by atoms with Gasteiger partial charge in [0, 0.05) is 10.7 Å². The van der Waals surface area contributed by atoms with Gasteiger partial charge >= 0.3 is 5.97 Å². The fraction of sp³-hybridized carbons (Fsp3) is 0.931. The Bertz CT molecular complexity index is 736. The molecule has 196 valence electrons. The topological polar surface area (TPSA) is 63.6 Å². The van der Waals surface area contributed by atoms with Crippen molar-refractivity contribution >= 4 is 23.5 Å². The van der Waals surface area contributed by atoms with Gasteiger partial charge in [-0.05, 0) is 113 Å². The molecule has 4 saturated carbocycles. The highest BCUT2D eigenvalue weighted by Gasteiger charge is 2.60. The summed E-state index contributed by atoms with van der Waals surface area (Å²) in [5.74, 6) is 5.54. The van der Waals surface area contributed by atoms with E-state index in [1.807, 2.05) is 20.8 Å². The van der Waals surface area contributed by atoms with E-state index in [1.54, 1.807) is 0 Å². The first-order valence-electron chi connectivity index (χ1n) is 13.7. The molecule has 0 bridgehead atoms. The van der Waals surface area contributed by atoms with Crippen molar-refractivity contribution in [3.8, 4) is 0 Å². The Labute approximate surface area is 212 Å². The second kappa shape index (κ2) is 10.8. The number of hydrogen-bond donors (Lipinski definition) is 1. The zero-order chi connectivity index (χ0) is 25.3. The first kappa shape index (κ1) is 28.0. The van der Waals surface area contributed by atoms with Crippen LogP contribution in [-0.2, 0) is 14.3 Å². The first-order chi connectivity index (χ1) is 15.9. The molecule has 8 unspecified atom stereocenters. The molecule has 4 rings (SSSR count). The number of ether oxygens (including phenoxy) is 1. The summed E-state index contributed by atoms with van der Waals surface area (Å²) in [6.45, 7) is 13.3. The number of aliphatic hydroxyl groups excluding tert-OH is 1. The van der Waals surface area contributed by atoms with Crippen molar-refractivity contribution in [2.24, 2.45) is 46.3 Å². The lowest BCUT2D eigenvalue weighted by atomic mass is 9.44. The monoisotopic (exact) mass is 494 g/mol. The van der Waals surface area contributed by atoms with Crippen molar-refractivity contribution in [3.63, 3.8) is 0 Å². The summed E-state index contributed by atoms with van der Waals surface area (Å²) in [5.41, 5.74) is 0.948. The Morgan fingerprint density at radius 3 is 2.26 bits per heavy atom. The SMILES string of the molecule is CC(=O)C1CCC2C3CCC4CC(C)CCC4(C)C3CCC12C.COC(=O)CSC(C)(C)CO. The molecule has 0 aromatic heterocycles. The zero-order valence-electron chi connectivity index (χ0n) is 22.8. The molecule has 0 aliphatic heterocycles. The average Bonchev–Trinajstić information content (AvgIpc) is 3.16. The average molecular weight is 495 g/mol. The van der Waals surface area contributed by atoms with Crippen LogP contribution in [0, 0.1) is 46.3 Å². The van der Waals surface area contributed by atoms with Gasteiger partial charge in [0.05, 0.1) is 19.5 Å². The molecular formula is C29H50O4S. The highest BCUT2D eigenvalue weighted by molar-refractivity contribution is 8.01. The summed E-state index contributed by atoms with van der Waals surface area (Å²) >= 11 is 1.39. The number of esters is 1. The van der Waals surface area contributed by atoms with E-state index in [-0.39, 0.29) is 17.3 Å². The van der Waals surface area contributed by atoms with E-state index in [2.05, 4.69) is 25.5 Å². The second-order valence-electron chi connectivity index (χ2n) is 13.1. The number of thioether (sulfide) groups is 1. The van der Waals surface area contributed by atoms with Gasteiger partial charge in [-0.2, -0.15) is 0 Å². The van der Waals surface area contributed by atoms with Crippen LogP contribution in [0.1, 0.15) is 99.3 Å². The number of rotatable bonds is 5. The molecular weight excluding hydrogens is 444 g/mol. The normalized spacial score (nSPS) is 41.3. The zero-order valence-corrected chi connectivity index (χ0v) is 23.6. The molecule has 4 fully saturated rings. The van der Waals surface area contributed by atoms with E-state index >= 15 is 0 Å². The minimum atomic E-state index is -0.256. The van der Waals surface area contributed by atoms with E-state index in [9.17, 15) is 9.59 Å². The molecule has 0 saturated heterocycles. The van der Waals surface area contributed by atoms with E-state index in [4.69, 9.17) is 5.11 Å². The lowest BCUT2D eigenvalue weighted by molar-refractivity contribution is -0.137. The van der Waals surface area contributed by atoms with Gasteiger partial charge in [-0.15, -0.1) is 11.8 Å². The molecule has 5 heteroatoms. The van der Waals surface area contributed by atoms with E-state index in [1.165, 1.54) is 76.7 Å². The quantitative estimate of drug-likeness (QED) is 0.440. The van der Waals surface area contributed by atoms with Crippen LogP contribution in [0.5, 0.6) is 0 Å². The maximum atomic E-state index is 12.2. The van der Waals surface area contributed by atoms with Crippen LogP contribution in [0.15, 0.2) is 0 Å². The van der Waals surface area contributed by atoms with Crippen molar-refractivity contribution < 1.29 is 19.4 Å². The smallest absolute Gasteiger partial charge is 0.315 e. The number of ketones is 1. The molecule has 0 spiro atoms. The van der Waals surface area contributed by atoms with Crippen molar-refractivity contribution in [2.45, 2.75) is 104 Å². The minimum absolute atomic E-state index is 0.0641. The van der Waals surface area contributed by atoms with Gasteiger partial charge in [-0.1, -0.05) is 27.2 Å². The van der Waals surface area contributed by atoms with Crippen molar-refractivity contribution in [1.29, 1.82) is 0 Å².